The van der Waals surface area contributed by atoms with Crippen molar-refractivity contribution in [3.8, 4) is 11.8 Å². The van der Waals surface area contributed by atoms with Crippen molar-refractivity contribution >= 4 is 5.91 Å². The van der Waals surface area contributed by atoms with Crippen molar-refractivity contribution in [2.75, 3.05) is 33.4 Å². The van der Waals surface area contributed by atoms with Gasteiger partial charge < -0.3 is 19.1 Å². The third-order valence-corrected chi connectivity index (χ3v) is 3.53. The summed E-state index contributed by atoms with van der Waals surface area (Å²) in [6, 6.07) is 8.88. The second kappa shape index (κ2) is 7.44. The van der Waals surface area contributed by atoms with Gasteiger partial charge in [0, 0.05) is 20.2 Å². The molecule has 6 nitrogen and oxygen atoms in total. The first-order valence-corrected chi connectivity index (χ1v) is 7.51. The molecule has 0 spiro atoms. The number of carbonyl (C=O) groups is 1. The molecule has 6 heteroatoms. The van der Waals surface area contributed by atoms with Crippen LogP contribution in [0.3, 0.4) is 0 Å². The van der Waals surface area contributed by atoms with E-state index in [1.54, 1.807) is 36.3 Å². The van der Waals surface area contributed by atoms with E-state index in [2.05, 4.69) is 0 Å². The van der Waals surface area contributed by atoms with Crippen LogP contribution in [0.2, 0.25) is 0 Å². The molecule has 0 saturated carbocycles. The highest BCUT2D eigenvalue weighted by atomic mass is 16.5. The fourth-order valence-corrected chi connectivity index (χ4v) is 2.77. The van der Waals surface area contributed by atoms with Crippen LogP contribution in [0, 0.1) is 11.3 Å². The van der Waals surface area contributed by atoms with Crippen LogP contribution in [-0.4, -0.2) is 55.9 Å². The number of nitrogens with zero attached hydrogens (tertiary/aromatic N) is 2. The van der Waals surface area contributed by atoms with E-state index in [-0.39, 0.29) is 18.6 Å². The van der Waals surface area contributed by atoms with Crippen molar-refractivity contribution in [1.82, 2.24) is 4.90 Å². The van der Waals surface area contributed by atoms with Gasteiger partial charge in [-0.3, -0.25) is 4.79 Å². The Balaban J connectivity index is 2.20. The Morgan fingerprint density at radius 2 is 2.22 bits per heavy atom. The predicted octanol–water partition coefficient (Wildman–Crippen LogP) is 1.85. The highest BCUT2D eigenvalue weighted by molar-refractivity contribution is 5.97. The van der Waals surface area contributed by atoms with E-state index in [1.165, 1.54) is 0 Å². The Bertz CT molecular complexity index is 595. The molecular weight excluding hydrogens is 296 g/mol. The van der Waals surface area contributed by atoms with Crippen LogP contribution in [0.15, 0.2) is 24.3 Å². The van der Waals surface area contributed by atoms with Crippen LogP contribution in [0.25, 0.3) is 0 Å². The van der Waals surface area contributed by atoms with E-state index in [0.29, 0.717) is 31.0 Å². The van der Waals surface area contributed by atoms with Gasteiger partial charge >= 0.3 is 0 Å². The van der Waals surface area contributed by atoms with Gasteiger partial charge in [0.05, 0.1) is 23.9 Å². The lowest BCUT2D eigenvalue weighted by molar-refractivity contribution is -0.143. The van der Waals surface area contributed by atoms with E-state index in [9.17, 15) is 4.79 Å². The van der Waals surface area contributed by atoms with Gasteiger partial charge in [0.1, 0.15) is 11.8 Å². The quantitative estimate of drug-likeness (QED) is 0.828. The minimum atomic E-state index is -0.445. The van der Waals surface area contributed by atoms with Crippen molar-refractivity contribution in [1.29, 1.82) is 5.26 Å². The molecule has 0 N–H and O–H groups in total. The summed E-state index contributed by atoms with van der Waals surface area (Å²) < 4.78 is 16.5. The maximum absolute atomic E-state index is 12.9. The van der Waals surface area contributed by atoms with Gasteiger partial charge in [0.15, 0.2) is 6.61 Å². The van der Waals surface area contributed by atoms with Crippen LogP contribution >= 0.6 is 0 Å². The van der Waals surface area contributed by atoms with Crippen LogP contribution in [0.1, 0.15) is 24.2 Å². The molecule has 1 amide bonds. The molecule has 1 heterocycles. The summed E-state index contributed by atoms with van der Waals surface area (Å²) in [6.45, 7) is 5.19. The largest absolute Gasteiger partial charge is 0.478 e. The highest BCUT2D eigenvalue weighted by Crippen LogP contribution is 2.26. The van der Waals surface area contributed by atoms with E-state index in [0.717, 1.165) is 0 Å². The third kappa shape index (κ3) is 4.44. The SMILES string of the molecule is COC[C@H]1CN(C(=O)c2ccccc2OCC#N)CC(C)(C)O1. The number of para-hydroxylation sites is 1. The van der Waals surface area contributed by atoms with E-state index in [1.807, 2.05) is 19.9 Å². The van der Waals surface area contributed by atoms with Crippen LogP contribution < -0.4 is 4.74 Å². The van der Waals surface area contributed by atoms with Gasteiger partial charge in [-0.05, 0) is 26.0 Å². The van der Waals surface area contributed by atoms with Crippen LogP contribution in [-0.2, 0) is 9.47 Å². The lowest BCUT2D eigenvalue weighted by Gasteiger charge is -2.42. The zero-order chi connectivity index (χ0) is 16.9. The lowest BCUT2D eigenvalue weighted by Crippen LogP contribution is -2.55. The summed E-state index contributed by atoms with van der Waals surface area (Å²) in [7, 11) is 1.61. The minimum Gasteiger partial charge on any atom is -0.478 e. The normalized spacial score (nSPS) is 19.9. The molecule has 124 valence electrons. The monoisotopic (exact) mass is 318 g/mol. The second-order valence-electron chi connectivity index (χ2n) is 6.08. The molecule has 1 aliphatic rings. The number of morpholine rings is 1. The zero-order valence-corrected chi connectivity index (χ0v) is 13.7. The summed E-state index contributed by atoms with van der Waals surface area (Å²) in [5, 5.41) is 8.67. The number of methoxy groups -OCH3 is 1. The van der Waals surface area contributed by atoms with E-state index < -0.39 is 5.60 Å². The highest BCUT2D eigenvalue weighted by Gasteiger charge is 2.36. The van der Waals surface area contributed by atoms with Gasteiger partial charge in [-0.1, -0.05) is 12.1 Å². The van der Waals surface area contributed by atoms with Gasteiger partial charge in [0.2, 0.25) is 0 Å². The Kier molecular flexibility index (Phi) is 5.59. The molecule has 0 aromatic heterocycles. The molecule has 1 aromatic rings. The maximum Gasteiger partial charge on any atom is 0.257 e. The minimum absolute atomic E-state index is 0.0921. The topological polar surface area (TPSA) is 71.8 Å². The molecule has 0 radical (unpaired) electrons. The average Bonchev–Trinajstić information content (AvgIpc) is 2.51. The van der Waals surface area contributed by atoms with Gasteiger partial charge in [-0.25, -0.2) is 0 Å². The first-order valence-electron chi connectivity index (χ1n) is 7.51. The molecule has 1 aromatic carbocycles. The standard InChI is InChI=1S/C17H22N2O4/c1-17(2)12-19(10-13(23-17)11-21-3)16(20)14-6-4-5-7-15(14)22-9-8-18/h4-7,13H,9-12H2,1-3H3/t13-/m1/s1. The molecule has 0 aliphatic carbocycles. The van der Waals surface area contributed by atoms with E-state index in [4.69, 9.17) is 19.5 Å². The number of amides is 1. The predicted molar refractivity (Wildman–Crippen MR) is 84.3 cm³/mol. The lowest BCUT2D eigenvalue weighted by atomic mass is 10.0. The Labute approximate surface area is 136 Å². The number of benzene rings is 1. The number of hydrogen-bond donors (Lipinski definition) is 0. The summed E-state index contributed by atoms with van der Waals surface area (Å²) >= 11 is 0. The number of nitriles is 1. The van der Waals surface area contributed by atoms with Crippen molar-refractivity contribution in [3.05, 3.63) is 29.8 Å². The number of rotatable bonds is 5. The van der Waals surface area contributed by atoms with Crippen LogP contribution in [0.5, 0.6) is 5.75 Å². The fourth-order valence-electron chi connectivity index (χ4n) is 2.77. The molecule has 1 saturated heterocycles. The van der Waals surface area contributed by atoms with Crippen molar-refractivity contribution in [2.24, 2.45) is 0 Å². The number of carbonyl (C=O) groups excluding carboxylic acids is 1. The molecule has 0 bridgehead atoms. The fraction of sp³-hybridized carbons (Fsp3) is 0.529. The molecule has 1 atom stereocenters. The molecule has 2 rings (SSSR count). The van der Waals surface area contributed by atoms with Crippen LogP contribution in [0.4, 0.5) is 0 Å². The molecule has 0 unspecified atom stereocenters. The van der Waals surface area contributed by atoms with Gasteiger partial charge in [-0.15, -0.1) is 0 Å². The van der Waals surface area contributed by atoms with Gasteiger partial charge in [0.25, 0.3) is 5.91 Å². The summed E-state index contributed by atoms with van der Waals surface area (Å²) in [5.41, 5.74) is 0.0103. The summed E-state index contributed by atoms with van der Waals surface area (Å²) in [4.78, 5) is 14.6. The first kappa shape index (κ1) is 17.3. The third-order valence-electron chi connectivity index (χ3n) is 3.53. The molecule has 1 fully saturated rings. The maximum atomic E-state index is 12.9. The molecule has 1 aliphatic heterocycles. The van der Waals surface area contributed by atoms with Crippen molar-refractivity contribution in [3.63, 3.8) is 0 Å². The Morgan fingerprint density at radius 1 is 1.48 bits per heavy atom. The van der Waals surface area contributed by atoms with Crippen molar-refractivity contribution < 1.29 is 19.0 Å². The number of hydrogen-bond acceptors (Lipinski definition) is 5. The van der Waals surface area contributed by atoms with Gasteiger partial charge in [-0.2, -0.15) is 5.26 Å². The summed E-state index contributed by atoms with van der Waals surface area (Å²) in [6.07, 6.45) is -0.167. The van der Waals surface area contributed by atoms with E-state index >= 15 is 0 Å². The Morgan fingerprint density at radius 3 is 2.91 bits per heavy atom. The number of ether oxygens (including phenoxy) is 3. The molecular formula is C17H22N2O4. The average molecular weight is 318 g/mol. The molecule has 23 heavy (non-hydrogen) atoms. The summed E-state index contributed by atoms with van der Waals surface area (Å²) in [5.74, 6) is 0.294. The Hall–Kier alpha value is -2.10. The van der Waals surface area contributed by atoms with Crippen molar-refractivity contribution in [2.45, 2.75) is 25.6 Å². The first-order chi connectivity index (χ1) is 11.0. The second-order valence-corrected chi connectivity index (χ2v) is 6.08. The smallest absolute Gasteiger partial charge is 0.257 e. The zero-order valence-electron chi connectivity index (χ0n) is 13.7.